The first kappa shape index (κ1) is 10.9. The minimum Gasteiger partial charge on any atom is -0.308 e. The van der Waals surface area contributed by atoms with Gasteiger partial charge >= 0.3 is 0 Å². The molecular formula is C11H16INS. The van der Waals surface area contributed by atoms with E-state index < -0.39 is 0 Å². The molecule has 1 heterocycles. The van der Waals surface area contributed by atoms with Gasteiger partial charge < -0.3 is 5.32 Å². The minimum atomic E-state index is 0.587. The van der Waals surface area contributed by atoms with Crippen molar-refractivity contribution in [1.82, 2.24) is 5.32 Å². The van der Waals surface area contributed by atoms with Crippen molar-refractivity contribution in [2.45, 2.75) is 45.2 Å². The standard InChI is InChI=1S/C11H16INS/c1-7(2)13-9-4-3-5-10-8(9)6-11(12)14-10/h6-7,9,13H,3-5H2,1-2H3. The molecule has 1 aliphatic rings. The van der Waals surface area contributed by atoms with Crippen LogP contribution in [0.3, 0.4) is 0 Å². The van der Waals surface area contributed by atoms with E-state index in [1.807, 2.05) is 11.3 Å². The van der Waals surface area contributed by atoms with Gasteiger partial charge in [-0.2, -0.15) is 0 Å². The van der Waals surface area contributed by atoms with E-state index >= 15 is 0 Å². The summed E-state index contributed by atoms with van der Waals surface area (Å²) in [5.74, 6) is 0. The second-order valence-electron chi connectivity index (χ2n) is 4.20. The number of hydrogen-bond acceptors (Lipinski definition) is 2. The Morgan fingerprint density at radius 1 is 1.57 bits per heavy atom. The second-order valence-corrected chi connectivity index (χ2v) is 7.23. The van der Waals surface area contributed by atoms with Gasteiger partial charge in [0, 0.05) is 17.0 Å². The third-order valence-electron chi connectivity index (χ3n) is 2.62. The van der Waals surface area contributed by atoms with Crippen molar-refractivity contribution < 1.29 is 0 Å². The molecule has 1 N–H and O–H groups in total. The van der Waals surface area contributed by atoms with E-state index in [2.05, 4.69) is 47.8 Å². The van der Waals surface area contributed by atoms with Crippen molar-refractivity contribution in [1.29, 1.82) is 0 Å². The smallest absolute Gasteiger partial charge is 0.0659 e. The molecule has 2 rings (SSSR count). The van der Waals surface area contributed by atoms with Gasteiger partial charge in [0.2, 0.25) is 0 Å². The average molecular weight is 321 g/mol. The Kier molecular flexibility index (Phi) is 3.50. The summed E-state index contributed by atoms with van der Waals surface area (Å²) >= 11 is 4.40. The van der Waals surface area contributed by atoms with Crippen molar-refractivity contribution in [2.24, 2.45) is 0 Å². The third-order valence-corrected chi connectivity index (χ3v) is 4.59. The molecule has 3 heteroatoms. The first-order valence-corrected chi connectivity index (χ1v) is 7.10. The Morgan fingerprint density at radius 3 is 3.07 bits per heavy atom. The average Bonchev–Trinajstić information content (AvgIpc) is 2.45. The fraction of sp³-hybridized carbons (Fsp3) is 0.636. The predicted molar refractivity (Wildman–Crippen MR) is 71.0 cm³/mol. The summed E-state index contributed by atoms with van der Waals surface area (Å²) in [6, 6.07) is 3.56. The summed E-state index contributed by atoms with van der Waals surface area (Å²) in [7, 11) is 0. The van der Waals surface area contributed by atoms with Crippen LogP contribution < -0.4 is 5.32 Å². The van der Waals surface area contributed by atoms with Crippen LogP contribution in [0.1, 0.15) is 43.2 Å². The van der Waals surface area contributed by atoms with Crippen LogP contribution in [0.25, 0.3) is 0 Å². The van der Waals surface area contributed by atoms with Crippen LogP contribution in [-0.4, -0.2) is 6.04 Å². The van der Waals surface area contributed by atoms with Crippen LogP contribution in [0, 0.1) is 2.88 Å². The van der Waals surface area contributed by atoms with E-state index in [-0.39, 0.29) is 0 Å². The van der Waals surface area contributed by atoms with Crippen molar-refractivity contribution in [2.75, 3.05) is 0 Å². The molecule has 0 radical (unpaired) electrons. The monoisotopic (exact) mass is 321 g/mol. The SMILES string of the molecule is CC(C)NC1CCCc2sc(I)cc21. The molecule has 1 aromatic rings. The zero-order valence-corrected chi connectivity index (χ0v) is 11.6. The van der Waals surface area contributed by atoms with Gasteiger partial charge in [0.05, 0.1) is 2.88 Å². The van der Waals surface area contributed by atoms with Gasteiger partial charge in [-0.1, -0.05) is 13.8 Å². The van der Waals surface area contributed by atoms with Gasteiger partial charge in [0.25, 0.3) is 0 Å². The van der Waals surface area contributed by atoms with Gasteiger partial charge in [-0.3, -0.25) is 0 Å². The lowest BCUT2D eigenvalue weighted by Gasteiger charge is -2.25. The maximum atomic E-state index is 3.65. The number of fused-ring (bicyclic) bond motifs is 1. The summed E-state index contributed by atoms with van der Waals surface area (Å²) in [4.78, 5) is 1.61. The lowest BCUT2D eigenvalue weighted by Crippen LogP contribution is -2.30. The van der Waals surface area contributed by atoms with Crippen LogP contribution in [-0.2, 0) is 6.42 Å². The van der Waals surface area contributed by atoms with Crippen molar-refractivity contribution in [3.8, 4) is 0 Å². The Morgan fingerprint density at radius 2 is 2.36 bits per heavy atom. The number of hydrogen-bond donors (Lipinski definition) is 1. The number of halogens is 1. The summed E-state index contributed by atoms with van der Waals surface area (Å²) in [5.41, 5.74) is 1.57. The van der Waals surface area contributed by atoms with Crippen LogP contribution in [0.4, 0.5) is 0 Å². The molecule has 1 unspecified atom stereocenters. The van der Waals surface area contributed by atoms with Crippen molar-refractivity contribution in [3.63, 3.8) is 0 Å². The summed E-state index contributed by atoms with van der Waals surface area (Å²) in [6.45, 7) is 4.46. The van der Waals surface area contributed by atoms with Gasteiger partial charge in [-0.25, -0.2) is 0 Å². The van der Waals surface area contributed by atoms with Crippen LogP contribution in [0.15, 0.2) is 6.07 Å². The molecule has 0 aliphatic heterocycles. The Hall–Kier alpha value is 0.390. The quantitative estimate of drug-likeness (QED) is 0.819. The molecule has 1 aliphatic carbocycles. The number of rotatable bonds is 2. The molecule has 0 amide bonds. The van der Waals surface area contributed by atoms with Crippen molar-refractivity contribution in [3.05, 3.63) is 19.4 Å². The number of thiophene rings is 1. The molecule has 78 valence electrons. The van der Waals surface area contributed by atoms with Crippen LogP contribution in [0.2, 0.25) is 0 Å². The lowest BCUT2D eigenvalue weighted by atomic mass is 9.93. The maximum Gasteiger partial charge on any atom is 0.0659 e. The molecule has 0 fully saturated rings. The van der Waals surface area contributed by atoms with Crippen LogP contribution in [0.5, 0.6) is 0 Å². The van der Waals surface area contributed by atoms with E-state index in [9.17, 15) is 0 Å². The first-order valence-electron chi connectivity index (χ1n) is 5.21. The molecule has 1 aromatic heterocycles. The van der Waals surface area contributed by atoms with E-state index in [0.717, 1.165) is 0 Å². The highest BCUT2D eigenvalue weighted by molar-refractivity contribution is 14.1. The zero-order chi connectivity index (χ0) is 10.1. The van der Waals surface area contributed by atoms with Gasteiger partial charge in [0.15, 0.2) is 0 Å². The summed E-state index contributed by atoms with van der Waals surface area (Å²) < 4.78 is 1.44. The molecule has 0 saturated carbocycles. The number of aryl methyl sites for hydroxylation is 1. The van der Waals surface area contributed by atoms with Gasteiger partial charge in [0.1, 0.15) is 0 Å². The molecular weight excluding hydrogens is 305 g/mol. The summed E-state index contributed by atoms with van der Waals surface area (Å²) in [5, 5.41) is 3.65. The number of nitrogens with one attached hydrogen (secondary N) is 1. The van der Waals surface area contributed by atoms with Crippen molar-refractivity contribution >= 4 is 33.9 Å². The molecule has 1 atom stereocenters. The highest BCUT2D eigenvalue weighted by Gasteiger charge is 2.22. The molecule has 0 saturated heterocycles. The molecule has 14 heavy (non-hydrogen) atoms. The maximum absolute atomic E-state index is 3.65. The highest BCUT2D eigenvalue weighted by Crippen LogP contribution is 2.36. The predicted octanol–water partition coefficient (Wildman–Crippen LogP) is 3.73. The van der Waals surface area contributed by atoms with E-state index in [4.69, 9.17) is 0 Å². The fourth-order valence-corrected chi connectivity index (χ4v) is 4.22. The Labute approximate surface area is 103 Å². The van der Waals surface area contributed by atoms with E-state index in [1.54, 1.807) is 10.4 Å². The molecule has 0 bridgehead atoms. The zero-order valence-electron chi connectivity index (χ0n) is 8.64. The minimum absolute atomic E-state index is 0.587. The lowest BCUT2D eigenvalue weighted by molar-refractivity contribution is 0.426. The molecule has 0 aromatic carbocycles. The summed E-state index contributed by atoms with van der Waals surface area (Å²) in [6.07, 6.45) is 3.94. The van der Waals surface area contributed by atoms with E-state index in [1.165, 1.54) is 22.1 Å². The highest BCUT2D eigenvalue weighted by atomic mass is 127. The molecule has 1 nitrogen and oxygen atoms in total. The third kappa shape index (κ3) is 2.31. The van der Waals surface area contributed by atoms with Gasteiger partial charge in [-0.05, 0) is 53.5 Å². The Bertz CT molecular complexity index is 319. The first-order chi connectivity index (χ1) is 6.66. The molecule has 0 spiro atoms. The van der Waals surface area contributed by atoms with E-state index in [0.29, 0.717) is 12.1 Å². The topological polar surface area (TPSA) is 12.0 Å². The largest absolute Gasteiger partial charge is 0.308 e. The Balaban J connectivity index is 2.21. The van der Waals surface area contributed by atoms with Crippen LogP contribution >= 0.6 is 33.9 Å². The second kappa shape index (κ2) is 4.49. The fourth-order valence-electron chi connectivity index (χ4n) is 2.10. The normalized spacial score (nSPS) is 21.3. The van der Waals surface area contributed by atoms with Gasteiger partial charge in [-0.15, -0.1) is 11.3 Å².